The second-order valence-electron chi connectivity index (χ2n) is 7.78. The van der Waals surface area contributed by atoms with Crippen LogP contribution in [0.15, 0.2) is 18.2 Å². The average molecular weight is 275 g/mol. The van der Waals surface area contributed by atoms with Gasteiger partial charge >= 0.3 is 0 Å². The molecule has 0 bridgehead atoms. The Hall–Kier alpha value is -1.31. The van der Waals surface area contributed by atoms with Crippen molar-refractivity contribution < 1.29 is 4.79 Å². The molecule has 2 heteroatoms. The van der Waals surface area contributed by atoms with E-state index in [9.17, 15) is 4.79 Å². The van der Waals surface area contributed by atoms with Gasteiger partial charge in [0.15, 0.2) is 0 Å². The van der Waals surface area contributed by atoms with E-state index in [4.69, 9.17) is 0 Å². The zero-order valence-corrected chi connectivity index (χ0v) is 14.1. The van der Waals surface area contributed by atoms with Crippen LogP contribution >= 0.6 is 0 Å². The molecule has 0 fully saturated rings. The third-order valence-electron chi connectivity index (χ3n) is 3.31. The lowest BCUT2D eigenvalue weighted by Gasteiger charge is -2.33. The Morgan fingerprint density at radius 3 is 2.25 bits per heavy atom. The van der Waals surface area contributed by atoms with Crippen LogP contribution < -0.4 is 5.32 Å². The Bertz CT molecular complexity index is 481. The van der Waals surface area contributed by atoms with Crippen molar-refractivity contribution in [1.29, 1.82) is 0 Å². The number of benzene rings is 1. The molecule has 0 atom stereocenters. The van der Waals surface area contributed by atoms with Gasteiger partial charge in [-0.15, -0.1) is 0 Å². The molecule has 0 heterocycles. The molecule has 0 aliphatic rings. The summed E-state index contributed by atoms with van der Waals surface area (Å²) >= 11 is 0. The smallest absolute Gasteiger partial charge is 0.224 e. The van der Waals surface area contributed by atoms with Crippen LogP contribution in [0.1, 0.15) is 57.7 Å². The normalized spacial score (nSPS) is 12.3. The van der Waals surface area contributed by atoms with Gasteiger partial charge in [-0.05, 0) is 50.7 Å². The highest BCUT2D eigenvalue weighted by Crippen LogP contribution is 2.26. The first kappa shape index (κ1) is 16.7. The lowest BCUT2D eigenvalue weighted by Crippen LogP contribution is -2.46. The molecule has 0 saturated carbocycles. The van der Waals surface area contributed by atoms with Gasteiger partial charge in [0.2, 0.25) is 5.91 Å². The molecule has 0 spiro atoms. The average Bonchev–Trinajstić information content (AvgIpc) is 2.18. The first-order valence-electron chi connectivity index (χ1n) is 7.36. The van der Waals surface area contributed by atoms with E-state index in [0.717, 1.165) is 12.0 Å². The summed E-state index contributed by atoms with van der Waals surface area (Å²) in [4.78, 5) is 12.3. The van der Waals surface area contributed by atoms with Crippen LogP contribution in [-0.4, -0.2) is 11.4 Å². The summed E-state index contributed by atoms with van der Waals surface area (Å²) in [6.45, 7) is 14.9. The molecule has 0 radical (unpaired) electrons. The Labute approximate surface area is 124 Å². The lowest BCUT2D eigenvalue weighted by atomic mass is 9.81. The number of aryl methyl sites for hydroxylation is 2. The van der Waals surface area contributed by atoms with Crippen molar-refractivity contribution in [1.82, 2.24) is 5.32 Å². The van der Waals surface area contributed by atoms with Crippen LogP contribution in [0.5, 0.6) is 0 Å². The van der Waals surface area contributed by atoms with E-state index in [1.165, 1.54) is 11.1 Å². The maximum atomic E-state index is 12.3. The summed E-state index contributed by atoms with van der Waals surface area (Å²) in [5, 5.41) is 3.17. The SMILES string of the molecule is Cc1ccc(C)c(CC(=O)NC(C)(C)CC(C)(C)C)c1. The number of amides is 1. The highest BCUT2D eigenvalue weighted by atomic mass is 16.1. The van der Waals surface area contributed by atoms with Crippen molar-refractivity contribution in [2.75, 3.05) is 0 Å². The molecule has 1 amide bonds. The van der Waals surface area contributed by atoms with Gasteiger partial charge in [-0.1, -0.05) is 44.5 Å². The molecule has 1 rings (SSSR count). The fourth-order valence-corrected chi connectivity index (χ4v) is 2.96. The molecule has 0 aromatic heterocycles. The largest absolute Gasteiger partial charge is 0.351 e. The monoisotopic (exact) mass is 275 g/mol. The lowest BCUT2D eigenvalue weighted by molar-refractivity contribution is -0.122. The van der Waals surface area contributed by atoms with Gasteiger partial charge in [0, 0.05) is 5.54 Å². The Balaban J connectivity index is 2.70. The molecule has 112 valence electrons. The first-order valence-corrected chi connectivity index (χ1v) is 7.36. The van der Waals surface area contributed by atoms with Gasteiger partial charge in [-0.3, -0.25) is 4.79 Å². The van der Waals surface area contributed by atoms with E-state index in [-0.39, 0.29) is 16.9 Å². The van der Waals surface area contributed by atoms with Crippen molar-refractivity contribution in [3.8, 4) is 0 Å². The Morgan fingerprint density at radius 1 is 1.10 bits per heavy atom. The fourth-order valence-electron chi connectivity index (χ4n) is 2.96. The quantitative estimate of drug-likeness (QED) is 0.877. The van der Waals surface area contributed by atoms with E-state index < -0.39 is 0 Å². The van der Waals surface area contributed by atoms with Gasteiger partial charge in [0.25, 0.3) is 0 Å². The van der Waals surface area contributed by atoms with Gasteiger partial charge in [-0.25, -0.2) is 0 Å². The Kier molecular flexibility index (Phi) is 5.01. The number of rotatable bonds is 4. The van der Waals surface area contributed by atoms with Crippen LogP contribution in [0, 0.1) is 19.3 Å². The molecule has 1 aromatic carbocycles. The minimum absolute atomic E-state index is 0.105. The van der Waals surface area contributed by atoms with E-state index in [1.807, 2.05) is 0 Å². The third-order valence-corrected chi connectivity index (χ3v) is 3.31. The maximum Gasteiger partial charge on any atom is 0.224 e. The fraction of sp³-hybridized carbons (Fsp3) is 0.611. The van der Waals surface area contributed by atoms with Gasteiger partial charge < -0.3 is 5.32 Å². The van der Waals surface area contributed by atoms with E-state index >= 15 is 0 Å². The minimum Gasteiger partial charge on any atom is -0.351 e. The summed E-state index contributed by atoms with van der Waals surface area (Å²) in [6, 6.07) is 6.27. The van der Waals surface area contributed by atoms with E-state index in [2.05, 4.69) is 72.0 Å². The van der Waals surface area contributed by atoms with Crippen LogP contribution in [0.4, 0.5) is 0 Å². The molecule has 2 nitrogen and oxygen atoms in total. The summed E-state index contributed by atoms with van der Waals surface area (Å²) in [5.74, 6) is 0.105. The summed E-state index contributed by atoms with van der Waals surface area (Å²) in [5.41, 5.74) is 3.53. The van der Waals surface area contributed by atoms with Crippen LogP contribution in [0.25, 0.3) is 0 Å². The van der Waals surface area contributed by atoms with Crippen molar-refractivity contribution in [3.63, 3.8) is 0 Å². The van der Waals surface area contributed by atoms with E-state index in [0.29, 0.717) is 6.42 Å². The predicted molar refractivity (Wildman–Crippen MR) is 85.9 cm³/mol. The van der Waals surface area contributed by atoms with Crippen molar-refractivity contribution >= 4 is 5.91 Å². The molecule has 0 unspecified atom stereocenters. The van der Waals surface area contributed by atoms with Gasteiger partial charge in [0.05, 0.1) is 6.42 Å². The molecular weight excluding hydrogens is 246 g/mol. The molecule has 0 aliphatic heterocycles. The molecule has 1 aromatic rings. The second kappa shape index (κ2) is 5.99. The molecular formula is C18H29NO. The van der Waals surface area contributed by atoms with Crippen LogP contribution in [0.2, 0.25) is 0 Å². The van der Waals surface area contributed by atoms with E-state index in [1.54, 1.807) is 0 Å². The highest BCUT2D eigenvalue weighted by molar-refractivity contribution is 5.79. The van der Waals surface area contributed by atoms with Crippen LogP contribution in [0.3, 0.4) is 0 Å². The molecule has 1 N–H and O–H groups in total. The molecule has 0 aliphatic carbocycles. The summed E-state index contributed by atoms with van der Waals surface area (Å²) in [6.07, 6.45) is 1.42. The highest BCUT2D eigenvalue weighted by Gasteiger charge is 2.26. The number of nitrogens with one attached hydrogen (secondary N) is 1. The van der Waals surface area contributed by atoms with Gasteiger partial charge in [-0.2, -0.15) is 0 Å². The minimum atomic E-state index is -0.174. The van der Waals surface area contributed by atoms with Crippen molar-refractivity contribution in [3.05, 3.63) is 34.9 Å². The number of hydrogen-bond acceptors (Lipinski definition) is 1. The number of carbonyl (C=O) groups is 1. The Morgan fingerprint density at radius 2 is 1.70 bits per heavy atom. The first-order chi connectivity index (χ1) is 8.98. The summed E-state index contributed by atoms with van der Waals surface area (Å²) < 4.78 is 0. The zero-order valence-electron chi connectivity index (χ0n) is 14.1. The summed E-state index contributed by atoms with van der Waals surface area (Å²) in [7, 11) is 0. The second-order valence-corrected chi connectivity index (χ2v) is 7.78. The van der Waals surface area contributed by atoms with Crippen LogP contribution in [-0.2, 0) is 11.2 Å². The van der Waals surface area contributed by atoms with Gasteiger partial charge in [0.1, 0.15) is 0 Å². The molecule has 20 heavy (non-hydrogen) atoms. The standard InChI is InChI=1S/C18H29NO/c1-13-8-9-14(2)15(10-13)11-16(20)19-18(6,7)12-17(3,4)5/h8-10H,11-12H2,1-7H3,(H,19,20). The zero-order chi connectivity index (χ0) is 15.6. The topological polar surface area (TPSA) is 29.1 Å². The predicted octanol–water partition coefficient (Wildman–Crippen LogP) is 4.18. The van der Waals surface area contributed by atoms with Crippen molar-refractivity contribution in [2.24, 2.45) is 5.41 Å². The third kappa shape index (κ3) is 5.77. The molecule has 0 saturated heterocycles. The number of carbonyl (C=O) groups excluding carboxylic acids is 1. The van der Waals surface area contributed by atoms with Crippen molar-refractivity contribution in [2.45, 2.75) is 66.8 Å². The number of hydrogen-bond donors (Lipinski definition) is 1. The maximum absolute atomic E-state index is 12.3.